The van der Waals surface area contributed by atoms with Gasteiger partial charge in [-0.25, -0.2) is 20.0 Å². The van der Waals surface area contributed by atoms with Crippen LogP contribution in [0.3, 0.4) is 0 Å². The number of rotatable bonds is 1. The molecule has 2 heterocycles. The molecular formula is C5H5N5S. The van der Waals surface area contributed by atoms with Crippen molar-refractivity contribution < 1.29 is 0 Å². The SMILES string of the molecule is NSC12C=NC=NC1=NC=N2. The second-order valence-electron chi connectivity index (χ2n) is 2.03. The lowest BCUT2D eigenvalue weighted by molar-refractivity contribution is 1.09. The van der Waals surface area contributed by atoms with Crippen molar-refractivity contribution in [2.45, 2.75) is 4.87 Å². The van der Waals surface area contributed by atoms with E-state index < -0.39 is 4.87 Å². The lowest BCUT2D eigenvalue weighted by atomic mass is 10.3. The number of hydrogen-bond acceptors (Lipinski definition) is 6. The van der Waals surface area contributed by atoms with Crippen LogP contribution in [0.2, 0.25) is 0 Å². The predicted octanol–water partition coefficient (Wildman–Crippen LogP) is -0.157. The van der Waals surface area contributed by atoms with Crippen LogP contribution in [0.4, 0.5) is 0 Å². The zero-order valence-electron chi connectivity index (χ0n) is 5.51. The van der Waals surface area contributed by atoms with E-state index in [2.05, 4.69) is 20.0 Å². The second-order valence-corrected chi connectivity index (χ2v) is 2.89. The van der Waals surface area contributed by atoms with Crippen molar-refractivity contribution in [3.63, 3.8) is 0 Å². The molecule has 2 rings (SSSR count). The first kappa shape index (κ1) is 6.68. The van der Waals surface area contributed by atoms with E-state index in [1.807, 2.05) is 0 Å². The van der Waals surface area contributed by atoms with Gasteiger partial charge in [0.2, 0.25) is 4.87 Å². The Morgan fingerprint density at radius 3 is 3.09 bits per heavy atom. The molecule has 0 bridgehead atoms. The summed E-state index contributed by atoms with van der Waals surface area (Å²) in [5.74, 6) is 0.597. The predicted molar refractivity (Wildman–Crippen MR) is 47.4 cm³/mol. The molecule has 56 valence electrons. The summed E-state index contributed by atoms with van der Waals surface area (Å²) < 4.78 is 0. The molecule has 0 saturated carbocycles. The number of nitrogens with two attached hydrogens (primary N) is 1. The third-order valence-corrected chi connectivity index (χ3v) is 2.18. The van der Waals surface area contributed by atoms with Crippen molar-refractivity contribution in [2.24, 2.45) is 25.1 Å². The van der Waals surface area contributed by atoms with Gasteiger partial charge in [0.1, 0.15) is 12.7 Å². The van der Waals surface area contributed by atoms with Gasteiger partial charge >= 0.3 is 0 Å². The van der Waals surface area contributed by atoms with Gasteiger partial charge < -0.3 is 0 Å². The molecule has 11 heavy (non-hydrogen) atoms. The van der Waals surface area contributed by atoms with Gasteiger partial charge in [0.15, 0.2) is 5.84 Å². The van der Waals surface area contributed by atoms with Gasteiger partial charge in [-0.2, -0.15) is 0 Å². The molecule has 0 spiro atoms. The van der Waals surface area contributed by atoms with E-state index >= 15 is 0 Å². The Kier molecular flexibility index (Phi) is 1.36. The Bertz CT molecular complexity index is 291. The summed E-state index contributed by atoms with van der Waals surface area (Å²) in [6.45, 7) is 0. The van der Waals surface area contributed by atoms with Crippen LogP contribution < -0.4 is 5.14 Å². The molecule has 6 heteroatoms. The fraction of sp³-hybridized carbons (Fsp3) is 0.200. The molecule has 0 amide bonds. The van der Waals surface area contributed by atoms with Gasteiger partial charge in [0, 0.05) is 0 Å². The van der Waals surface area contributed by atoms with Crippen LogP contribution in [0.15, 0.2) is 20.0 Å². The highest BCUT2D eigenvalue weighted by Gasteiger charge is 2.37. The summed E-state index contributed by atoms with van der Waals surface area (Å²) in [4.78, 5) is 15.1. The smallest absolute Gasteiger partial charge is 0.215 e. The molecule has 5 nitrogen and oxygen atoms in total. The normalized spacial score (nSPS) is 32.3. The van der Waals surface area contributed by atoms with Crippen LogP contribution in [0.1, 0.15) is 0 Å². The van der Waals surface area contributed by atoms with Crippen LogP contribution in [0.25, 0.3) is 0 Å². The Morgan fingerprint density at radius 2 is 2.36 bits per heavy atom. The first-order valence-electron chi connectivity index (χ1n) is 2.94. The Morgan fingerprint density at radius 1 is 1.45 bits per heavy atom. The highest BCUT2D eigenvalue weighted by atomic mass is 32.2. The van der Waals surface area contributed by atoms with Gasteiger partial charge in [0.25, 0.3) is 0 Å². The summed E-state index contributed by atoms with van der Waals surface area (Å²) >= 11 is 1.07. The minimum atomic E-state index is -0.644. The van der Waals surface area contributed by atoms with Crippen molar-refractivity contribution in [1.29, 1.82) is 0 Å². The van der Waals surface area contributed by atoms with E-state index in [1.165, 1.54) is 12.7 Å². The number of amidine groups is 1. The van der Waals surface area contributed by atoms with Gasteiger partial charge in [-0.05, 0) is 11.9 Å². The van der Waals surface area contributed by atoms with Gasteiger partial charge in [-0.1, -0.05) is 0 Å². The van der Waals surface area contributed by atoms with Crippen molar-refractivity contribution in [1.82, 2.24) is 0 Å². The molecule has 0 saturated heterocycles. The molecule has 0 aromatic heterocycles. The Labute approximate surface area is 67.4 Å². The molecule has 0 aromatic rings. The maximum Gasteiger partial charge on any atom is 0.215 e. The molecule has 0 aromatic carbocycles. The summed E-state index contributed by atoms with van der Waals surface area (Å²) in [5.41, 5.74) is 0. The topological polar surface area (TPSA) is 75.5 Å². The second kappa shape index (κ2) is 2.24. The standard InChI is InChI=1S/C5H5N5S/c6-11-5-1-7-2-8-4(5)9-3-10-5/h1-3H,6H2. The minimum Gasteiger partial charge on any atom is -0.275 e. The van der Waals surface area contributed by atoms with Crippen LogP contribution >= 0.6 is 11.9 Å². The molecule has 2 aliphatic heterocycles. The van der Waals surface area contributed by atoms with Gasteiger partial charge in [-0.3, -0.25) is 5.14 Å². The maximum atomic E-state index is 5.44. The zero-order valence-corrected chi connectivity index (χ0v) is 6.32. The monoisotopic (exact) mass is 167 g/mol. The highest BCUT2D eigenvalue weighted by Crippen LogP contribution is 2.27. The zero-order chi connectivity index (χ0) is 7.73. The summed E-state index contributed by atoms with van der Waals surface area (Å²) in [6.07, 6.45) is 4.51. The van der Waals surface area contributed by atoms with E-state index in [1.54, 1.807) is 6.21 Å². The van der Waals surface area contributed by atoms with Crippen LogP contribution in [-0.2, 0) is 0 Å². The van der Waals surface area contributed by atoms with E-state index in [9.17, 15) is 0 Å². The average molecular weight is 167 g/mol. The summed E-state index contributed by atoms with van der Waals surface area (Å²) in [7, 11) is 0. The molecule has 1 unspecified atom stereocenters. The first-order chi connectivity index (χ1) is 5.37. The van der Waals surface area contributed by atoms with E-state index in [0.717, 1.165) is 11.9 Å². The highest BCUT2D eigenvalue weighted by molar-refractivity contribution is 8.00. The summed E-state index contributed by atoms with van der Waals surface area (Å²) in [5, 5.41) is 5.44. The van der Waals surface area contributed by atoms with Crippen LogP contribution in [0, 0.1) is 0 Å². The fourth-order valence-corrected chi connectivity index (χ4v) is 1.31. The molecule has 0 radical (unpaired) electrons. The van der Waals surface area contributed by atoms with Crippen molar-refractivity contribution in [3.8, 4) is 0 Å². The largest absolute Gasteiger partial charge is 0.275 e. The first-order valence-corrected chi connectivity index (χ1v) is 3.82. The van der Waals surface area contributed by atoms with Gasteiger partial charge in [-0.15, -0.1) is 0 Å². The number of hydrogen-bond donors (Lipinski definition) is 1. The van der Waals surface area contributed by atoms with Crippen LogP contribution in [-0.4, -0.2) is 29.6 Å². The quantitative estimate of drug-likeness (QED) is 0.551. The third kappa shape index (κ3) is 0.831. The molecular weight excluding hydrogens is 162 g/mol. The van der Waals surface area contributed by atoms with Crippen molar-refractivity contribution in [2.75, 3.05) is 0 Å². The third-order valence-electron chi connectivity index (χ3n) is 1.43. The molecule has 0 fully saturated rings. The number of fused-ring (bicyclic) bond motifs is 1. The average Bonchev–Trinajstić information content (AvgIpc) is 2.48. The molecule has 1 atom stereocenters. The molecule has 2 N–H and O–H groups in total. The van der Waals surface area contributed by atoms with Crippen molar-refractivity contribution >= 4 is 36.7 Å². The molecule has 0 aliphatic carbocycles. The van der Waals surface area contributed by atoms with E-state index in [-0.39, 0.29) is 0 Å². The van der Waals surface area contributed by atoms with E-state index in [4.69, 9.17) is 5.14 Å². The van der Waals surface area contributed by atoms with Crippen molar-refractivity contribution in [3.05, 3.63) is 0 Å². The summed E-state index contributed by atoms with van der Waals surface area (Å²) in [6, 6.07) is 0. The number of aliphatic imine (C=N–C) groups is 4. The Balaban J connectivity index is 2.46. The maximum absolute atomic E-state index is 5.44. The lowest BCUT2D eigenvalue weighted by Gasteiger charge is -2.18. The van der Waals surface area contributed by atoms with Gasteiger partial charge in [0.05, 0.1) is 6.21 Å². The van der Waals surface area contributed by atoms with Crippen LogP contribution in [0.5, 0.6) is 0 Å². The lowest BCUT2D eigenvalue weighted by Crippen LogP contribution is -2.35. The minimum absolute atomic E-state index is 0.597. The fourth-order valence-electron chi connectivity index (χ4n) is 0.872. The Hall–Kier alpha value is -1.01. The van der Waals surface area contributed by atoms with E-state index in [0.29, 0.717) is 5.84 Å². The number of nitrogens with zero attached hydrogens (tertiary/aromatic N) is 4. The molecule has 2 aliphatic rings.